The van der Waals surface area contributed by atoms with E-state index in [1.54, 1.807) is 19.1 Å². The minimum atomic E-state index is -3.38. The average Bonchev–Trinajstić information content (AvgIpc) is 2.70. The van der Waals surface area contributed by atoms with Gasteiger partial charge in [-0.15, -0.1) is 0 Å². The normalized spacial score (nSPS) is 11.3. The average molecular weight is 497 g/mol. The van der Waals surface area contributed by atoms with Crippen molar-refractivity contribution in [3.05, 3.63) is 25.9 Å². The molecule has 2 aromatic rings. The lowest BCUT2D eigenvalue weighted by Gasteiger charge is -2.18. The van der Waals surface area contributed by atoms with Crippen molar-refractivity contribution in [2.24, 2.45) is 0 Å². The molecule has 0 saturated heterocycles. The number of anilines is 1. The first-order chi connectivity index (χ1) is 9.66. The number of furan rings is 1. The van der Waals surface area contributed by atoms with Gasteiger partial charge in [-0.1, -0.05) is 6.92 Å². The van der Waals surface area contributed by atoms with E-state index < -0.39 is 10.0 Å². The zero-order chi connectivity index (χ0) is 15.9. The molecule has 3 radical (unpaired) electrons. The lowest BCUT2D eigenvalue weighted by Crippen LogP contribution is -2.25. The van der Waals surface area contributed by atoms with Crippen LogP contribution < -0.4 is 4.31 Å². The number of Topliss-reactive ketones (excluding diaryl/α,β-unsaturated/α-hetero) is 1. The zero-order valence-electron chi connectivity index (χ0n) is 12.2. The Labute approximate surface area is 153 Å². The highest BCUT2D eigenvalue weighted by atomic mass is 127. The van der Waals surface area contributed by atoms with Gasteiger partial charge in [0.05, 0.1) is 17.5 Å². The van der Waals surface area contributed by atoms with Crippen LogP contribution in [0.25, 0.3) is 11.0 Å². The third kappa shape index (κ3) is 3.51. The van der Waals surface area contributed by atoms with E-state index in [0.717, 1.165) is 10.6 Å². The van der Waals surface area contributed by atoms with Gasteiger partial charge in [0.2, 0.25) is 10.0 Å². The Morgan fingerprint density at radius 2 is 2.00 bits per heavy atom. The molecule has 0 N–H and O–H groups in total. The topological polar surface area (TPSA) is 67.6 Å². The molecule has 0 unspecified atom stereocenters. The molecular weight excluding hydrogens is 484 g/mol. The lowest BCUT2D eigenvalue weighted by molar-refractivity contribution is 0.0987. The van der Waals surface area contributed by atoms with Crippen molar-refractivity contribution in [3.63, 3.8) is 0 Å². The maximum Gasteiger partial charge on any atom is 0.232 e. The molecule has 0 atom stereocenters. The van der Waals surface area contributed by atoms with Gasteiger partial charge in [-0.25, -0.2) is 8.42 Å². The second-order valence-corrected chi connectivity index (χ2v) is 8.41. The molecule has 1 aromatic carbocycles. The predicted molar refractivity (Wildman–Crippen MR) is 100 cm³/mol. The van der Waals surface area contributed by atoms with Crippen LogP contribution in [0, 0.1) is 3.77 Å². The monoisotopic (exact) mass is 496 g/mol. The van der Waals surface area contributed by atoms with Gasteiger partial charge in [-0.3, -0.25) is 9.10 Å². The van der Waals surface area contributed by atoms with Gasteiger partial charge >= 0.3 is 0 Å². The number of halogens is 2. The van der Waals surface area contributed by atoms with Gasteiger partial charge in [0, 0.05) is 60.4 Å². The summed E-state index contributed by atoms with van der Waals surface area (Å²) in [6.45, 7) is 1.79. The number of benzene rings is 1. The number of hydrogen-bond donors (Lipinski definition) is 0. The van der Waals surface area contributed by atoms with E-state index in [-0.39, 0.29) is 14.2 Å². The molecule has 2 rings (SSSR count). The fourth-order valence-corrected chi connectivity index (χ4v) is 4.00. The highest BCUT2D eigenvalue weighted by Crippen LogP contribution is 2.36. The molecule has 0 bridgehead atoms. The number of rotatable bonds is 4. The van der Waals surface area contributed by atoms with Crippen LogP contribution in [0.1, 0.15) is 23.7 Å². The molecule has 0 fully saturated rings. The van der Waals surface area contributed by atoms with Gasteiger partial charge < -0.3 is 4.42 Å². The van der Waals surface area contributed by atoms with Crippen molar-refractivity contribution in [2.45, 2.75) is 13.3 Å². The van der Waals surface area contributed by atoms with Crippen LogP contribution in [0.2, 0.25) is 0 Å². The van der Waals surface area contributed by atoms with Crippen molar-refractivity contribution < 1.29 is 17.6 Å². The molecule has 1 heterocycles. The van der Waals surface area contributed by atoms with Crippen molar-refractivity contribution >= 4 is 79.4 Å². The van der Waals surface area contributed by atoms with Crippen LogP contribution in [0.15, 0.2) is 21.0 Å². The lowest BCUT2D eigenvalue weighted by atomic mass is 10.1. The summed E-state index contributed by atoms with van der Waals surface area (Å²) in [6, 6.07) is 3.34. The fraction of sp³-hybridized carbons (Fsp3) is 0.308. The Hall–Kier alpha value is -0.545. The Bertz CT molecular complexity index is 834. The Balaban J connectivity index is 0.00000242. The van der Waals surface area contributed by atoms with E-state index in [9.17, 15) is 13.2 Å². The highest BCUT2D eigenvalue weighted by molar-refractivity contribution is 14.1. The van der Waals surface area contributed by atoms with E-state index in [4.69, 9.17) is 4.42 Å². The van der Waals surface area contributed by atoms with Crippen molar-refractivity contribution in [2.75, 3.05) is 17.6 Å². The molecule has 9 heteroatoms. The molecule has 0 spiro atoms. The molecular formula is C13H13BBrINO4S. The van der Waals surface area contributed by atoms with E-state index in [1.165, 1.54) is 7.05 Å². The third-order valence-corrected chi connectivity index (χ3v) is 5.74. The first kappa shape index (κ1) is 19.5. The summed E-state index contributed by atoms with van der Waals surface area (Å²) in [6.07, 6.45) is 1.51. The molecule has 0 aliphatic rings. The summed E-state index contributed by atoms with van der Waals surface area (Å²) in [5, 5.41) is 0.684. The number of nitrogens with zero attached hydrogens (tertiary/aromatic N) is 1. The van der Waals surface area contributed by atoms with E-state index in [0.29, 0.717) is 36.9 Å². The van der Waals surface area contributed by atoms with Crippen LogP contribution in [-0.4, -0.2) is 35.9 Å². The van der Waals surface area contributed by atoms with Gasteiger partial charge in [0.25, 0.3) is 0 Å². The summed E-state index contributed by atoms with van der Waals surface area (Å²) >= 11 is 5.34. The van der Waals surface area contributed by atoms with E-state index in [1.807, 2.05) is 22.6 Å². The van der Waals surface area contributed by atoms with Gasteiger partial charge in [0.1, 0.15) is 5.58 Å². The Morgan fingerprint density at radius 1 is 1.41 bits per heavy atom. The Kier molecular flexibility index (Phi) is 6.13. The van der Waals surface area contributed by atoms with Crippen molar-refractivity contribution in [1.82, 2.24) is 0 Å². The maximum absolute atomic E-state index is 12.0. The molecule has 0 amide bonds. The second kappa shape index (κ2) is 6.92. The van der Waals surface area contributed by atoms with Crippen LogP contribution in [-0.2, 0) is 10.0 Å². The standard InChI is InChI=1S/C13H13BrINO4S.B/c1-4-10(17)12-7-5-8(14)9(16(2)21(3,18)19)6-11(7)20-13(12)15;/h5-6H,4H2,1-3H3;. The molecule has 5 nitrogen and oxygen atoms in total. The number of hydrogen-bond acceptors (Lipinski definition) is 4. The maximum atomic E-state index is 12.0. The first-order valence-electron chi connectivity index (χ1n) is 6.05. The minimum absolute atomic E-state index is 0. The number of carbonyl (C=O) groups excluding carboxylic acids is 1. The van der Waals surface area contributed by atoms with Crippen molar-refractivity contribution in [3.8, 4) is 0 Å². The van der Waals surface area contributed by atoms with Crippen LogP contribution >= 0.6 is 38.5 Å². The van der Waals surface area contributed by atoms with Crippen LogP contribution in [0.4, 0.5) is 5.69 Å². The highest BCUT2D eigenvalue weighted by Gasteiger charge is 2.22. The third-order valence-electron chi connectivity index (χ3n) is 3.15. The largest absolute Gasteiger partial charge is 0.449 e. The van der Waals surface area contributed by atoms with Crippen LogP contribution in [0.3, 0.4) is 0 Å². The number of carbonyl (C=O) groups is 1. The number of sulfonamides is 1. The molecule has 117 valence electrons. The first-order valence-corrected chi connectivity index (χ1v) is 9.77. The molecule has 0 aliphatic heterocycles. The quantitative estimate of drug-likeness (QED) is 0.369. The van der Waals surface area contributed by atoms with Gasteiger partial charge in [0.15, 0.2) is 9.55 Å². The molecule has 1 aromatic heterocycles. The molecule has 0 saturated carbocycles. The molecule has 0 aliphatic carbocycles. The SMILES string of the molecule is CCC(=O)c1c(I)oc2cc(N(C)S(C)(=O)=O)c(Br)cc12.[B]. The summed E-state index contributed by atoms with van der Waals surface area (Å²) in [4.78, 5) is 12.0. The van der Waals surface area contributed by atoms with E-state index >= 15 is 0 Å². The Morgan fingerprint density at radius 3 is 2.50 bits per heavy atom. The summed E-state index contributed by atoms with van der Waals surface area (Å²) in [5.41, 5.74) is 1.50. The fourth-order valence-electron chi connectivity index (χ4n) is 1.93. The summed E-state index contributed by atoms with van der Waals surface area (Å²) < 4.78 is 31.2. The van der Waals surface area contributed by atoms with Gasteiger partial charge in [-0.05, 0) is 22.0 Å². The predicted octanol–water partition coefficient (Wildman–Crippen LogP) is 3.41. The number of ketones is 1. The summed E-state index contributed by atoms with van der Waals surface area (Å²) in [7, 11) is -1.91. The zero-order valence-corrected chi connectivity index (χ0v) is 16.7. The van der Waals surface area contributed by atoms with Gasteiger partial charge in [-0.2, -0.15) is 0 Å². The number of fused-ring (bicyclic) bond motifs is 1. The van der Waals surface area contributed by atoms with Crippen molar-refractivity contribution in [1.29, 1.82) is 0 Å². The van der Waals surface area contributed by atoms with Crippen LogP contribution in [0.5, 0.6) is 0 Å². The minimum Gasteiger partial charge on any atom is -0.449 e. The summed E-state index contributed by atoms with van der Waals surface area (Å²) in [5.74, 6) is -0.00531. The molecule has 22 heavy (non-hydrogen) atoms. The smallest absolute Gasteiger partial charge is 0.232 e. The van der Waals surface area contributed by atoms with E-state index in [2.05, 4.69) is 15.9 Å². The second-order valence-electron chi connectivity index (χ2n) is 4.56.